The molecule has 8 heteroatoms. The van der Waals surface area contributed by atoms with Gasteiger partial charge in [0.2, 0.25) is 0 Å². The number of hydrogen-bond acceptors (Lipinski definition) is 4. The summed E-state index contributed by atoms with van der Waals surface area (Å²) in [6.45, 7) is 8.36. The SMILES string of the molecule is Brc1ccc2c(-c3ccc4ccccc4c3)c3ccccc3c(-c3ccc4ccccc4c3)c2c1.CC1(C)OB(c2ccc3c(c2)c2ccccc2n2c(-c4ccccc4)c(-c4ccccc4)nc32)OC1(C)C.c1ccc(-c2nc3c4ccc(-c5ccc6c(-c7ccc8ccccc8c7)c7ccccc7c(-c7ccc8ccccc8c7)c6c5)cc4c4ccccc4n3c2-c2ccccc2)cc1. The molecule has 0 bridgehead atoms. The van der Waals surface area contributed by atoms with E-state index in [0.29, 0.717) is 0 Å². The topological polar surface area (TPSA) is 53.1 Å². The van der Waals surface area contributed by atoms with Crippen LogP contribution in [-0.2, 0) is 9.31 Å². The van der Waals surface area contributed by atoms with Crippen molar-refractivity contribution < 1.29 is 9.31 Å². The minimum absolute atomic E-state index is 0.392. The lowest BCUT2D eigenvalue weighted by atomic mass is 9.78. The maximum atomic E-state index is 6.39. The number of benzene rings is 22. The predicted octanol–water partition coefficient (Wildman–Crippen LogP) is 34.3. The molecule has 0 N–H and O–H groups in total. The summed E-state index contributed by atoms with van der Waals surface area (Å²) in [6.07, 6.45) is 0. The quantitative estimate of drug-likeness (QED) is 0.0778. The van der Waals surface area contributed by atoms with Gasteiger partial charge >= 0.3 is 7.12 Å². The van der Waals surface area contributed by atoms with E-state index >= 15 is 0 Å². The fourth-order valence-corrected chi connectivity index (χ4v) is 21.5. The van der Waals surface area contributed by atoms with Crippen LogP contribution in [0.4, 0.5) is 0 Å². The molecule has 1 saturated heterocycles. The van der Waals surface area contributed by atoms with Crippen molar-refractivity contribution in [3.63, 3.8) is 0 Å². The van der Waals surface area contributed by atoms with Crippen LogP contribution in [0.15, 0.2) is 466 Å². The second kappa shape index (κ2) is 33.2. The summed E-state index contributed by atoms with van der Waals surface area (Å²) >= 11 is 3.76. The first-order valence-corrected chi connectivity index (χ1v) is 47.6. The number of nitrogens with zero attached hydrogens (tertiary/aromatic N) is 4. The molecule has 0 spiro atoms. The minimum atomic E-state index is -0.418. The Hall–Kier alpha value is -16.2. The molecule has 0 aliphatic carbocycles. The minimum Gasteiger partial charge on any atom is -0.399 e. The number of pyridine rings is 2. The van der Waals surface area contributed by atoms with E-state index in [1.807, 2.05) is 6.07 Å². The molecule has 5 heterocycles. The smallest absolute Gasteiger partial charge is 0.399 e. The van der Waals surface area contributed by atoms with E-state index in [1.165, 1.54) is 158 Å². The van der Waals surface area contributed by atoms with Gasteiger partial charge in [-0.05, 0) is 252 Å². The fourth-order valence-electron chi connectivity index (χ4n) is 21.2. The molecule has 0 saturated carbocycles. The molecule has 27 rings (SSSR count). The summed E-state index contributed by atoms with van der Waals surface area (Å²) in [6, 6.07) is 167. The zero-order chi connectivity index (χ0) is 90.9. The van der Waals surface area contributed by atoms with Crippen molar-refractivity contribution in [2.24, 2.45) is 0 Å². The van der Waals surface area contributed by atoms with Crippen LogP contribution in [0, 0.1) is 0 Å². The molecule has 26 aromatic rings. The average Bonchev–Trinajstić information content (AvgIpc) is 1.22. The summed E-state index contributed by atoms with van der Waals surface area (Å²) in [5.41, 5.74) is 25.4. The third-order valence-corrected chi connectivity index (χ3v) is 28.9. The molecule has 1 aliphatic heterocycles. The van der Waals surface area contributed by atoms with E-state index in [9.17, 15) is 0 Å². The van der Waals surface area contributed by atoms with Gasteiger partial charge in [0.25, 0.3) is 0 Å². The zero-order valence-corrected chi connectivity index (χ0v) is 77.0. The second-order valence-corrected chi connectivity index (χ2v) is 37.8. The van der Waals surface area contributed by atoms with Gasteiger partial charge in [-0.3, -0.25) is 8.80 Å². The van der Waals surface area contributed by atoms with E-state index in [0.717, 1.165) is 93.5 Å². The highest BCUT2D eigenvalue weighted by atomic mass is 79.9. The number of hydrogen-bond donors (Lipinski definition) is 0. The van der Waals surface area contributed by atoms with Gasteiger partial charge in [-0.1, -0.05) is 410 Å². The highest BCUT2D eigenvalue weighted by Gasteiger charge is 2.52. The van der Waals surface area contributed by atoms with Gasteiger partial charge in [-0.25, -0.2) is 9.97 Å². The number of aromatic nitrogens is 4. The number of halogens is 1. The van der Waals surface area contributed by atoms with Gasteiger partial charge in [0.1, 0.15) is 11.3 Å². The Balaban J connectivity index is 0.000000116. The molecule has 0 atom stereocenters. The van der Waals surface area contributed by atoms with Crippen LogP contribution < -0.4 is 5.46 Å². The molecule has 0 amide bonds. The number of rotatable bonds is 10. The van der Waals surface area contributed by atoms with Crippen LogP contribution in [-0.4, -0.2) is 37.1 Å². The highest BCUT2D eigenvalue weighted by molar-refractivity contribution is 9.10. The Kier molecular flexibility index (Phi) is 20.0. The van der Waals surface area contributed by atoms with E-state index in [2.05, 4.69) is 507 Å². The summed E-state index contributed by atoms with van der Waals surface area (Å²) in [5.74, 6) is 0. The number of imidazole rings is 2. The molecule has 22 aromatic carbocycles. The van der Waals surface area contributed by atoms with E-state index in [4.69, 9.17) is 19.3 Å². The average molecular weight is 1800 g/mol. The lowest BCUT2D eigenvalue weighted by Gasteiger charge is -2.32. The molecule has 1 fully saturated rings. The molecule has 4 aromatic heterocycles. The maximum absolute atomic E-state index is 6.39. The van der Waals surface area contributed by atoms with Crippen molar-refractivity contribution >= 4 is 169 Å². The monoisotopic (exact) mass is 1800 g/mol. The third kappa shape index (κ3) is 14.0. The number of fused-ring (bicyclic) bond motifs is 20. The van der Waals surface area contributed by atoms with Crippen LogP contribution in [0.3, 0.4) is 0 Å². The molecular formula is C128H88BBrN4O2. The van der Waals surface area contributed by atoms with Gasteiger partial charge < -0.3 is 9.31 Å². The van der Waals surface area contributed by atoms with Crippen LogP contribution in [0.25, 0.3) is 241 Å². The van der Waals surface area contributed by atoms with Crippen molar-refractivity contribution in [1.82, 2.24) is 18.8 Å². The first-order chi connectivity index (χ1) is 66.8. The Labute approximate surface area is 796 Å². The van der Waals surface area contributed by atoms with Crippen molar-refractivity contribution in [3.05, 3.63) is 466 Å². The lowest BCUT2D eigenvalue weighted by molar-refractivity contribution is 0.00578. The standard InChI is InChI=1S/C61H38N2.C34H21Br.C33H29BN2O2/c1-3-17-41(18-4-1)59-60(42-19-5-2-6-20-42)63-56-26-14-13-23-49(56)54-37-45(32-34-53(54)61(63)62-59)46-31-33-52-55(38-46)58(48-30-28-40-16-8-10-22-44(40)36-48)51-25-12-11-24-50(51)57(52)47-29-27-39-15-7-9-21-43(39)35-47;35-28-17-18-31-32(21-28)34(27-16-14-23-8-2-4-10-25(23)20-27)30-12-6-5-11-29(30)33(31)26-15-13-22-7-1-3-9-24(22)19-26;1-32(2)33(3,4)38-34(37-32)24-19-20-26-27(21-24)25-17-11-12-18-28(25)36-30(23-15-9-6-10-16-23)29(35-31(26)36)22-13-7-5-8-14-22/h1-38H;1-21H;5-21H,1-4H3. The predicted molar refractivity (Wildman–Crippen MR) is 579 cm³/mol. The summed E-state index contributed by atoms with van der Waals surface area (Å²) in [7, 11) is -0.418. The summed E-state index contributed by atoms with van der Waals surface area (Å²) in [5, 5.41) is 27.0. The second-order valence-electron chi connectivity index (χ2n) is 36.9. The largest absolute Gasteiger partial charge is 0.494 e. The maximum Gasteiger partial charge on any atom is 0.494 e. The molecule has 0 radical (unpaired) electrons. The Morgan fingerprint density at radius 3 is 0.882 bits per heavy atom. The van der Waals surface area contributed by atoms with Crippen LogP contribution in [0.1, 0.15) is 27.7 Å². The molecule has 0 unspecified atom stereocenters. The van der Waals surface area contributed by atoms with Gasteiger partial charge in [0.15, 0.2) is 0 Å². The number of para-hydroxylation sites is 2. The van der Waals surface area contributed by atoms with E-state index in [-0.39, 0.29) is 0 Å². The molecule has 1 aliphatic rings. The lowest BCUT2D eigenvalue weighted by Crippen LogP contribution is -2.41. The van der Waals surface area contributed by atoms with Crippen LogP contribution in [0.5, 0.6) is 0 Å². The van der Waals surface area contributed by atoms with Gasteiger partial charge in [0, 0.05) is 48.3 Å². The first kappa shape index (κ1) is 81.8. The normalized spacial score (nSPS) is 13.1. The van der Waals surface area contributed by atoms with Gasteiger partial charge in [-0.2, -0.15) is 0 Å². The third-order valence-electron chi connectivity index (χ3n) is 28.4. The van der Waals surface area contributed by atoms with E-state index < -0.39 is 18.3 Å². The van der Waals surface area contributed by atoms with Gasteiger partial charge in [-0.15, -0.1) is 0 Å². The Morgan fingerprint density at radius 1 is 0.213 bits per heavy atom. The van der Waals surface area contributed by atoms with Crippen LogP contribution >= 0.6 is 15.9 Å². The molecule has 642 valence electrons. The fraction of sp³-hybridized carbons (Fsp3) is 0.0469. The van der Waals surface area contributed by atoms with Gasteiger partial charge in [0.05, 0.1) is 45.0 Å². The van der Waals surface area contributed by atoms with Crippen molar-refractivity contribution in [2.75, 3.05) is 0 Å². The van der Waals surface area contributed by atoms with E-state index in [1.54, 1.807) is 0 Å². The van der Waals surface area contributed by atoms with Crippen molar-refractivity contribution in [2.45, 2.75) is 38.9 Å². The zero-order valence-electron chi connectivity index (χ0n) is 75.4. The van der Waals surface area contributed by atoms with Crippen molar-refractivity contribution in [3.8, 4) is 101 Å². The molecule has 136 heavy (non-hydrogen) atoms. The molecule has 6 nitrogen and oxygen atoms in total. The highest BCUT2D eigenvalue weighted by Crippen LogP contribution is 2.51. The van der Waals surface area contributed by atoms with Crippen molar-refractivity contribution in [1.29, 1.82) is 0 Å². The summed E-state index contributed by atoms with van der Waals surface area (Å²) < 4.78 is 18.6. The Bertz CT molecular complexity index is 9320. The molecular weight excluding hydrogens is 1720 g/mol. The summed E-state index contributed by atoms with van der Waals surface area (Å²) in [4.78, 5) is 10.8. The first-order valence-electron chi connectivity index (χ1n) is 46.8. The van der Waals surface area contributed by atoms with Crippen LogP contribution in [0.2, 0.25) is 0 Å². The Morgan fingerprint density at radius 2 is 0.493 bits per heavy atom.